The van der Waals surface area contributed by atoms with Crippen molar-refractivity contribution in [1.82, 2.24) is 4.98 Å². The number of nitrogens with one attached hydrogen (secondary N) is 1. The quantitative estimate of drug-likeness (QED) is 0.469. The monoisotopic (exact) mass is 364 g/mol. The van der Waals surface area contributed by atoms with Crippen LogP contribution in [-0.4, -0.2) is 10.9 Å². The summed E-state index contributed by atoms with van der Waals surface area (Å²) < 4.78 is 0. The molecule has 0 aliphatic heterocycles. The topological polar surface area (TPSA) is 42.0 Å². The molecule has 1 amide bonds. The molecule has 3 aromatic carbocycles. The SMILES string of the molecule is C=C(C)c1ccccc1-c1ccc(C(=O)Nc2ccc3cccnc3c2)cc1. The van der Waals surface area contributed by atoms with Gasteiger partial charge in [0, 0.05) is 22.8 Å². The molecule has 0 saturated heterocycles. The lowest BCUT2D eigenvalue weighted by molar-refractivity contribution is 0.102. The molecule has 1 heterocycles. The van der Waals surface area contributed by atoms with E-state index >= 15 is 0 Å². The van der Waals surface area contributed by atoms with Crippen LogP contribution in [-0.2, 0) is 0 Å². The average Bonchev–Trinajstić information content (AvgIpc) is 2.73. The fourth-order valence-corrected chi connectivity index (χ4v) is 3.26. The van der Waals surface area contributed by atoms with Crippen molar-refractivity contribution in [1.29, 1.82) is 0 Å². The largest absolute Gasteiger partial charge is 0.322 e. The second kappa shape index (κ2) is 7.49. The van der Waals surface area contributed by atoms with Gasteiger partial charge in [-0.2, -0.15) is 0 Å². The number of aromatic nitrogens is 1. The Kier molecular flexibility index (Phi) is 4.73. The third-order valence-electron chi connectivity index (χ3n) is 4.71. The number of nitrogens with zero attached hydrogens (tertiary/aromatic N) is 1. The minimum absolute atomic E-state index is 0.144. The molecular formula is C25H20N2O. The predicted octanol–water partition coefficient (Wildman–Crippen LogP) is 6.19. The summed E-state index contributed by atoms with van der Waals surface area (Å²) >= 11 is 0. The molecule has 0 aliphatic rings. The standard InChI is InChI=1S/C25H20N2O/c1-17(2)22-7-3-4-8-23(22)18-9-11-20(12-10-18)25(28)27-21-14-13-19-6-5-15-26-24(19)16-21/h3-16H,1H2,2H3,(H,27,28). The Morgan fingerprint density at radius 3 is 2.50 bits per heavy atom. The minimum Gasteiger partial charge on any atom is -0.322 e. The smallest absolute Gasteiger partial charge is 0.255 e. The first-order valence-electron chi connectivity index (χ1n) is 9.13. The van der Waals surface area contributed by atoms with E-state index in [0.717, 1.165) is 38.9 Å². The summed E-state index contributed by atoms with van der Waals surface area (Å²) in [4.78, 5) is 17.0. The Hall–Kier alpha value is -3.72. The summed E-state index contributed by atoms with van der Waals surface area (Å²) in [6.45, 7) is 6.06. The lowest BCUT2D eigenvalue weighted by Crippen LogP contribution is -2.11. The van der Waals surface area contributed by atoms with Crippen molar-refractivity contribution < 1.29 is 4.79 Å². The lowest BCUT2D eigenvalue weighted by atomic mass is 9.95. The van der Waals surface area contributed by atoms with Crippen molar-refractivity contribution in [2.24, 2.45) is 0 Å². The predicted molar refractivity (Wildman–Crippen MR) is 116 cm³/mol. The van der Waals surface area contributed by atoms with Crippen LogP contribution in [0.4, 0.5) is 5.69 Å². The van der Waals surface area contributed by atoms with E-state index in [1.165, 1.54) is 0 Å². The van der Waals surface area contributed by atoms with Crippen molar-refractivity contribution in [2.75, 3.05) is 5.32 Å². The Morgan fingerprint density at radius 2 is 1.71 bits per heavy atom. The molecule has 0 bridgehead atoms. The van der Waals surface area contributed by atoms with E-state index in [1.54, 1.807) is 6.20 Å². The molecule has 0 spiro atoms. The fraction of sp³-hybridized carbons (Fsp3) is 0.0400. The Morgan fingerprint density at radius 1 is 0.929 bits per heavy atom. The number of allylic oxidation sites excluding steroid dienone is 1. The van der Waals surface area contributed by atoms with Gasteiger partial charge in [-0.15, -0.1) is 0 Å². The zero-order valence-electron chi connectivity index (χ0n) is 15.6. The van der Waals surface area contributed by atoms with Gasteiger partial charge in [0.1, 0.15) is 0 Å². The Bertz CT molecular complexity index is 1180. The number of fused-ring (bicyclic) bond motifs is 1. The number of amides is 1. The second-order valence-corrected chi connectivity index (χ2v) is 6.77. The van der Waals surface area contributed by atoms with E-state index in [4.69, 9.17) is 0 Å². The number of hydrogen-bond acceptors (Lipinski definition) is 2. The van der Waals surface area contributed by atoms with Gasteiger partial charge in [-0.05, 0) is 53.9 Å². The molecule has 0 unspecified atom stereocenters. The normalized spacial score (nSPS) is 10.6. The summed E-state index contributed by atoms with van der Waals surface area (Å²) in [5, 5.41) is 3.99. The molecule has 3 nitrogen and oxygen atoms in total. The van der Waals surface area contributed by atoms with E-state index in [1.807, 2.05) is 73.7 Å². The van der Waals surface area contributed by atoms with Crippen LogP contribution < -0.4 is 5.32 Å². The highest BCUT2D eigenvalue weighted by molar-refractivity contribution is 6.05. The molecule has 4 rings (SSSR count). The molecule has 0 aliphatic carbocycles. The molecule has 1 N–H and O–H groups in total. The third kappa shape index (κ3) is 3.55. The molecule has 4 aromatic rings. The van der Waals surface area contributed by atoms with Crippen molar-refractivity contribution in [3.63, 3.8) is 0 Å². The van der Waals surface area contributed by atoms with Crippen LogP contribution in [0.3, 0.4) is 0 Å². The van der Waals surface area contributed by atoms with E-state index < -0.39 is 0 Å². The number of hydrogen-bond donors (Lipinski definition) is 1. The number of anilines is 1. The first-order chi connectivity index (χ1) is 13.6. The summed E-state index contributed by atoms with van der Waals surface area (Å²) in [7, 11) is 0. The summed E-state index contributed by atoms with van der Waals surface area (Å²) in [6.07, 6.45) is 1.75. The number of rotatable bonds is 4. The lowest BCUT2D eigenvalue weighted by Gasteiger charge is -2.11. The highest BCUT2D eigenvalue weighted by Crippen LogP contribution is 2.28. The summed E-state index contributed by atoms with van der Waals surface area (Å²) in [5.41, 5.74) is 6.50. The molecule has 0 atom stereocenters. The molecule has 1 aromatic heterocycles. The first-order valence-corrected chi connectivity index (χ1v) is 9.13. The Balaban J connectivity index is 1.56. The van der Waals surface area contributed by atoms with E-state index in [9.17, 15) is 4.79 Å². The van der Waals surface area contributed by atoms with Crippen LogP contribution in [0.15, 0.2) is 91.6 Å². The van der Waals surface area contributed by atoms with Gasteiger partial charge in [-0.25, -0.2) is 0 Å². The molecule has 0 fully saturated rings. The summed E-state index contributed by atoms with van der Waals surface area (Å²) in [6, 6.07) is 25.4. The van der Waals surface area contributed by atoms with Crippen LogP contribution >= 0.6 is 0 Å². The molecule has 136 valence electrons. The molecule has 0 saturated carbocycles. The van der Waals surface area contributed by atoms with Gasteiger partial charge in [-0.1, -0.05) is 60.7 Å². The van der Waals surface area contributed by atoms with E-state index in [-0.39, 0.29) is 5.91 Å². The number of carbonyl (C=O) groups excluding carboxylic acids is 1. The van der Waals surface area contributed by atoms with Gasteiger partial charge in [0.05, 0.1) is 5.52 Å². The zero-order chi connectivity index (χ0) is 19.5. The second-order valence-electron chi connectivity index (χ2n) is 6.77. The van der Waals surface area contributed by atoms with Gasteiger partial charge in [0.15, 0.2) is 0 Å². The van der Waals surface area contributed by atoms with Crippen LogP contribution in [0.5, 0.6) is 0 Å². The van der Waals surface area contributed by atoms with Gasteiger partial charge in [-0.3, -0.25) is 9.78 Å². The first kappa shape index (κ1) is 17.7. The van der Waals surface area contributed by atoms with Crippen LogP contribution in [0.25, 0.3) is 27.6 Å². The number of pyridine rings is 1. The van der Waals surface area contributed by atoms with Gasteiger partial charge < -0.3 is 5.32 Å². The summed E-state index contributed by atoms with van der Waals surface area (Å²) in [5.74, 6) is -0.144. The minimum atomic E-state index is -0.144. The van der Waals surface area contributed by atoms with Crippen molar-refractivity contribution >= 4 is 28.1 Å². The van der Waals surface area contributed by atoms with E-state index in [0.29, 0.717) is 5.56 Å². The molecule has 28 heavy (non-hydrogen) atoms. The maximum absolute atomic E-state index is 12.6. The zero-order valence-corrected chi connectivity index (χ0v) is 15.6. The van der Waals surface area contributed by atoms with Crippen LogP contribution in [0.2, 0.25) is 0 Å². The highest BCUT2D eigenvalue weighted by Gasteiger charge is 2.09. The third-order valence-corrected chi connectivity index (χ3v) is 4.71. The van der Waals surface area contributed by atoms with Crippen LogP contribution in [0, 0.1) is 0 Å². The van der Waals surface area contributed by atoms with Crippen molar-refractivity contribution in [3.05, 3.63) is 103 Å². The molecule has 0 radical (unpaired) electrons. The molecule has 3 heteroatoms. The van der Waals surface area contributed by atoms with Crippen molar-refractivity contribution in [3.8, 4) is 11.1 Å². The fourth-order valence-electron chi connectivity index (χ4n) is 3.26. The average molecular weight is 364 g/mol. The molecular weight excluding hydrogens is 344 g/mol. The van der Waals surface area contributed by atoms with E-state index in [2.05, 4.69) is 29.0 Å². The van der Waals surface area contributed by atoms with Gasteiger partial charge >= 0.3 is 0 Å². The maximum Gasteiger partial charge on any atom is 0.255 e. The number of benzene rings is 3. The van der Waals surface area contributed by atoms with Crippen molar-refractivity contribution in [2.45, 2.75) is 6.92 Å². The van der Waals surface area contributed by atoms with Crippen LogP contribution in [0.1, 0.15) is 22.8 Å². The maximum atomic E-state index is 12.6. The number of carbonyl (C=O) groups is 1. The highest BCUT2D eigenvalue weighted by atomic mass is 16.1. The van der Waals surface area contributed by atoms with Gasteiger partial charge in [0.25, 0.3) is 5.91 Å². The Labute approximate surface area is 164 Å². The van der Waals surface area contributed by atoms with Gasteiger partial charge in [0.2, 0.25) is 0 Å².